The Labute approximate surface area is 136 Å². The van der Waals surface area contributed by atoms with E-state index >= 15 is 0 Å². The van der Waals surface area contributed by atoms with Crippen molar-refractivity contribution >= 4 is 24.8 Å². The molecule has 4 heteroatoms. The van der Waals surface area contributed by atoms with E-state index in [4.69, 9.17) is 0 Å². The number of nitrogens with zero attached hydrogens (tertiary/aromatic N) is 3. The Hall–Kier alpha value is -2.62. The fourth-order valence-corrected chi connectivity index (χ4v) is 2.77. The lowest BCUT2D eigenvalue weighted by molar-refractivity contribution is 0.445. The first-order valence-corrected chi connectivity index (χ1v) is 8.03. The van der Waals surface area contributed by atoms with Crippen LogP contribution in [0.3, 0.4) is 0 Å². The molecule has 4 nitrogen and oxygen atoms in total. The van der Waals surface area contributed by atoms with Crippen molar-refractivity contribution in [3.8, 4) is 0 Å². The number of hydrogen-bond donors (Lipinski definition) is 1. The summed E-state index contributed by atoms with van der Waals surface area (Å²) in [5.74, 6) is 0. The van der Waals surface area contributed by atoms with Crippen LogP contribution in [0.5, 0.6) is 0 Å². The second-order valence-electron chi connectivity index (χ2n) is 5.64. The molecule has 0 spiro atoms. The molecule has 0 saturated carbocycles. The third-order valence-electron chi connectivity index (χ3n) is 4.09. The number of nitrogens with one attached hydrogen (secondary N) is 1. The Morgan fingerprint density at radius 1 is 1.26 bits per heavy atom. The Morgan fingerprint density at radius 2 is 2.09 bits per heavy atom. The maximum absolute atomic E-state index is 4.37. The van der Waals surface area contributed by atoms with E-state index in [1.807, 2.05) is 30.4 Å². The van der Waals surface area contributed by atoms with Crippen molar-refractivity contribution in [3.63, 3.8) is 0 Å². The van der Waals surface area contributed by atoms with Gasteiger partial charge in [0.15, 0.2) is 0 Å². The van der Waals surface area contributed by atoms with Gasteiger partial charge in [-0.15, -0.1) is 0 Å². The molecular formula is C19H22N4. The topological polar surface area (TPSA) is 44.8 Å². The number of H-pyrrole nitrogens is 1. The first kappa shape index (κ1) is 15.3. The van der Waals surface area contributed by atoms with Gasteiger partial charge in [-0.3, -0.25) is 10.1 Å². The number of allylic oxidation sites excluding steroid dienone is 2. The van der Waals surface area contributed by atoms with E-state index in [0.29, 0.717) is 0 Å². The fourth-order valence-electron chi connectivity index (χ4n) is 2.77. The van der Waals surface area contributed by atoms with Gasteiger partial charge in [0, 0.05) is 30.2 Å². The highest BCUT2D eigenvalue weighted by Gasteiger charge is 2.12. The molecule has 0 atom stereocenters. The van der Waals surface area contributed by atoms with Gasteiger partial charge in [0.2, 0.25) is 0 Å². The summed E-state index contributed by atoms with van der Waals surface area (Å²) >= 11 is 0. The zero-order valence-corrected chi connectivity index (χ0v) is 13.5. The van der Waals surface area contributed by atoms with Crippen LogP contribution in [0.25, 0.3) is 24.8 Å². The highest BCUT2D eigenvalue weighted by Crippen LogP contribution is 2.15. The lowest BCUT2D eigenvalue weighted by atomic mass is 10.2. The van der Waals surface area contributed by atoms with Crippen LogP contribution in [0.1, 0.15) is 31.2 Å². The van der Waals surface area contributed by atoms with E-state index in [9.17, 15) is 0 Å². The summed E-state index contributed by atoms with van der Waals surface area (Å²) in [6.45, 7) is 8.50. The highest BCUT2D eigenvalue weighted by atomic mass is 15.2. The Morgan fingerprint density at radius 3 is 2.78 bits per heavy atom. The van der Waals surface area contributed by atoms with Crippen molar-refractivity contribution in [3.05, 3.63) is 58.1 Å². The highest BCUT2D eigenvalue weighted by molar-refractivity contribution is 5.66. The minimum absolute atomic E-state index is 0.846. The van der Waals surface area contributed by atoms with Crippen LogP contribution in [-0.4, -0.2) is 33.2 Å². The molecule has 3 rings (SSSR count). The molecule has 0 aliphatic carbocycles. The Kier molecular flexibility index (Phi) is 4.71. The van der Waals surface area contributed by atoms with Crippen molar-refractivity contribution in [2.24, 2.45) is 0 Å². The van der Waals surface area contributed by atoms with E-state index in [1.165, 1.54) is 18.5 Å². The van der Waals surface area contributed by atoms with Crippen LogP contribution in [-0.2, 0) is 0 Å². The largest absolute Gasteiger partial charge is 0.372 e. The molecule has 0 bridgehead atoms. The van der Waals surface area contributed by atoms with Crippen LogP contribution in [0.15, 0.2) is 36.2 Å². The summed E-state index contributed by atoms with van der Waals surface area (Å²) in [6.07, 6.45) is 12.5. The second kappa shape index (κ2) is 7.09. The van der Waals surface area contributed by atoms with Crippen molar-refractivity contribution < 1.29 is 0 Å². The molecule has 3 heterocycles. The van der Waals surface area contributed by atoms with Crippen LogP contribution < -0.4 is 10.6 Å². The van der Waals surface area contributed by atoms with Crippen molar-refractivity contribution in [2.45, 2.75) is 19.8 Å². The van der Waals surface area contributed by atoms with E-state index in [2.05, 4.69) is 45.7 Å². The summed E-state index contributed by atoms with van der Waals surface area (Å²) in [6, 6.07) is 5.84. The molecule has 1 saturated heterocycles. The van der Waals surface area contributed by atoms with E-state index in [-0.39, 0.29) is 0 Å². The summed E-state index contributed by atoms with van der Waals surface area (Å²) in [7, 11) is 0. The van der Waals surface area contributed by atoms with Crippen LogP contribution in [0, 0.1) is 0 Å². The molecule has 0 aromatic carbocycles. The minimum atomic E-state index is 0.846. The normalized spacial score (nSPS) is 16.7. The predicted octanol–water partition coefficient (Wildman–Crippen LogP) is 2.17. The molecule has 0 amide bonds. The second-order valence-corrected chi connectivity index (χ2v) is 5.64. The first-order chi connectivity index (χ1) is 11.3. The Bertz CT molecular complexity index is 809. The first-order valence-electron chi connectivity index (χ1n) is 8.03. The maximum Gasteiger partial charge on any atom is 0.0922 e. The molecule has 1 aliphatic heterocycles. The predicted molar refractivity (Wildman–Crippen MR) is 95.6 cm³/mol. The summed E-state index contributed by atoms with van der Waals surface area (Å²) < 4.78 is 0. The number of aromatic nitrogens is 3. The molecular weight excluding hydrogens is 284 g/mol. The van der Waals surface area contributed by atoms with Gasteiger partial charge in [0.25, 0.3) is 0 Å². The van der Waals surface area contributed by atoms with E-state index < -0.39 is 0 Å². The molecule has 118 valence electrons. The van der Waals surface area contributed by atoms with Gasteiger partial charge in [0.1, 0.15) is 0 Å². The van der Waals surface area contributed by atoms with Gasteiger partial charge >= 0.3 is 0 Å². The number of hydrogen-bond acceptors (Lipinski definition) is 3. The lowest BCUT2D eigenvalue weighted by Gasteiger charge is -2.17. The molecule has 23 heavy (non-hydrogen) atoms. The van der Waals surface area contributed by atoms with Crippen LogP contribution in [0.2, 0.25) is 0 Å². The van der Waals surface area contributed by atoms with Gasteiger partial charge in [-0.25, -0.2) is 0 Å². The van der Waals surface area contributed by atoms with Gasteiger partial charge in [-0.1, -0.05) is 18.7 Å². The molecule has 0 radical (unpaired) electrons. The van der Waals surface area contributed by atoms with E-state index in [0.717, 1.165) is 35.0 Å². The summed E-state index contributed by atoms with van der Waals surface area (Å²) in [5.41, 5.74) is 2.99. The van der Waals surface area contributed by atoms with Crippen LogP contribution in [0.4, 0.5) is 0 Å². The lowest BCUT2D eigenvalue weighted by Crippen LogP contribution is -2.26. The zero-order chi connectivity index (χ0) is 16.1. The standard InChI is InChI=1S/C19H22N4/c1-3-17(23-12-6-7-13-23)14-19-15(2)18(21-22-19)10-9-16-8-4-5-11-20-16/h3-5,8-11,14,22H,2,6-7,12-13H2,1H3/b10-9+,17-3+,19-14+. The van der Waals surface area contributed by atoms with Crippen LogP contribution >= 0.6 is 0 Å². The van der Waals surface area contributed by atoms with Gasteiger partial charge in [-0.2, -0.15) is 5.10 Å². The average molecular weight is 306 g/mol. The fraction of sp³-hybridized carbons (Fsp3) is 0.263. The molecule has 1 fully saturated rings. The third-order valence-corrected chi connectivity index (χ3v) is 4.09. The summed E-state index contributed by atoms with van der Waals surface area (Å²) in [4.78, 5) is 6.68. The molecule has 1 N–H and O–H groups in total. The average Bonchev–Trinajstić information content (AvgIpc) is 3.23. The minimum Gasteiger partial charge on any atom is -0.372 e. The SMILES string of the molecule is C=c1c(/C=C/c2ccccn2)n[nH]/c1=C/C(=C\C)N1CCCC1. The number of pyridine rings is 1. The van der Waals surface area contributed by atoms with Crippen molar-refractivity contribution in [1.82, 2.24) is 20.1 Å². The third kappa shape index (κ3) is 3.59. The molecule has 0 unspecified atom stereocenters. The van der Waals surface area contributed by atoms with Gasteiger partial charge in [-0.05, 0) is 50.1 Å². The van der Waals surface area contributed by atoms with E-state index in [1.54, 1.807) is 6.20 Å². The summed E-state index contributed by atoms with van der Waals surface area (Å²) in [5, 5.41) is 9.33. The molecule has 2 aromatic rings. The monoisotopic (exact) mass is 306 g/mol. The number of aromatic amines is 1. The van der Waals surface area contributed by atoms with Gasteiger partial charge < -0.3 is 4.90 Å². The molecule has 1 aliphatic rings. The van der Waals surface area contributed by atoms with Crippen molar-refractivity contribution in [1.29, 1.82) is 0 Å². The van der Waals surface area contributed by atoms with Gasteiger partial charge in [0.05, 0.1) is 16.7 Å². The smallest absolute Gasteiger partial charge is 0.0922 e. The number of likely N-dealkylation sites (tertiary alicyclic amines) is 1. The quantitative estimate of drug-likeness (QED) is 0.941. The molecule has 2 aromatic heterocycles. The Balaban J connectivity index is 1.85. The van der Waals surface area contributed by atoms with Crippen molar-refractivity contribution in [2.75, 3.05) is 13.1 Å². The maximum atomic E-state index is 4.37. The zero-order valence-electron chi connectivity index (χ0n) is 13.5. The number of rotatable bonds is 4.